The monoisotopic (exact) mass is 332 g/mol. The van der Waals surface area contributed by atoms with Crippen molar-refractivity contribution >= 4 is 9.84 Å². The summed E-state index contributed by atoms with van der Waals surface area (Å²) in [6.45, 7) is 3.85. The molecule has 0 aliphatic heterocycles. The molecule has 0 spiro atoms. The number of hydrogen-bond donors (Lipinski definition) is 2. The fourth-order valence-electron chi connectivity index (χ4n) is 2.49. The van der Waals surface area contributed by atoms with E-state index in [9.17, 15) is 8.42 Å². The smallest absolute Gasteiger partial charge is 0.206 e. The van der Waals surface area contributed by atoms with Crippen molar-refractivity contribution in [2.24, 2.45) is 11.5 Å². The molecule has 2 rings (SSSR count). The highest BCUT2D eigenvalue weighted by molar-refractivity contribution is 7.91. The number of hydrogen-bond acceptors (Lipinski definition) is 4. The van der Waals surface area contributed by atoms with E-state index in [0.717, 1.165) is 24.0 Å². The second-order valence-electron chi connectivity index (χ2n) is 6.15. The van der Waals surface area contributed by atoms with Crippen LogP contribution in [0.15, 0.2) is 58.3 Å². The van der Waals surface area contributed by atoms with Gasteiger partial charge >= 0.3 is 0 Å². The average molecular weight is 332 g/mol. The molecular weight excluding hydrogens is 308 g/mol. The first kappa shape index (κ1) is 17.7. The fraction of sp³-hybridized carbons (Fsp3) is 0.333. The zero-order valence-corrected chi connectivity index (χ0v) is 14.4. The minimum absolute atomic E-state index is 0.0509. The van der Waals surface area contributed by atoms with Crippen molar-refractivity contribution in [3.63, 3.8) is 0 Å². The van der Waals surface area contributed by atoms with Crippen molar-refractivity contribution in [1.29, 1.82) is 0 Å². The van der Waals surface area contributed by atoms with Gasteiger partial charge in [0.2, 0.25) is 9.84 Å². The third-order valence-corrected chi connectivity index (χ3v) is 5.37. The van der Waals surface area contributed by atoms with E-state index in [2.05, 4.69) is 0 Å². The Bertz CT molecular complexity index is 674. The Kier molecular flexibility index (Phi) is 5.57. The second kappa shape index (κ2) is 7.25. The highest BCUT2D eigenvalue weighted by atomic mass is 32.2. The first-order valence-electron chi connectivity index (χ1n) is 7.73. The molecule has 0 saturated carbocycles. The van der Waals surface area contributed by atoms with Crippen molar-refractivity contribution in [2.45, 2.75) is 48.6 Å². The largest absolute Gasteiger partial charge is 0.328 e. The maximum absolute atomic E-state index is 12.7. The molecule has 0 unspecified atom stereocenters. The van der Waals surface area contributed by atoms with Crippen molar-refractivity contribution in [2.75, 3.05) is 0 Å². The molecule has 23 heavy (non-hydrogen) atoms. The fourth-order valence-corrected chi connectivity index (χ4v) is 3.75. The predicted octanol–water partition coefficient (Wildman–Crippen LogP) is 2.30. The maximum atomic E-state index is 12.7. The Balaban J connectivity index is 2.23. The first-order chi connectivity index (χ1) is 10.8. The molecule has 2 atom stereocenters. The van der Waals surface area contributed by atoms with Gasteiger partial charge in [-0.05, 0) is 62.1 Å². The molecule has 2 aromatic rings. The summed E-state index contributed by atoms with van der Waals surface area (Å²) in [6.07, 6.45) is 1.46. The van der Waals surface area contributed by atoms with E-state index in [1.54, 1.807) is 24.3 Å². The van der Waals surface area contributed by atoms with E-state index >= 15 is 0 Å². The molecule has 4 N–H and O–H groups in total. The van der Waals surface area contributed by atoms with Gasteiger partial charge in [0.25, 0.3) is 0 Å². The molecule has 124 valence electrons. The molecule has 2 aromatic carbocycles. The lowest BCUT2D eigenvalue weighted by atomic mass is 10.1. The second-order valence-corrected chi connectivity index (χ2v) is 8.10. The Morgan fingerprint density at radius 3 is 1.30 bits per heavy atom. The van der Waals surface area contributed by atoms with Crippen LogP contribution in [0.4, 0.5) is 0 Å². The van der Waals surface area contributed by atoms with E-state index in [1.807, 2.05) is 38.1 Å². The van der Waals surface area contributed by atoms with Crippen LogP contribution >= 0.6 is 0 Å². The highest BCUT2D eigenvalue weighted by Crippen LogP contribution is 2.22. The van der Waals surface area contributed by atoms with Gasteiger partial charge in [-0.1, -0.05) is 24.3 Å². The molecule has 0 saturated heterocycles. The summed E-state index contributed by atoms with van der Waals surface area (Å²) < 4.78 is 25.3. The van der Waals surface area contributed by atoms with Crippen molar-refractivity contribution < 1.29 is 8.42 Å². The zero-order chi connectivity index (χ0) is 17.0. The molecule has 0 fully saturated rings. The average Bonchev–Trinajstić information content (AvgIpc) is 2.47. The highest BCUT2D eigenvalue weighted by Gasteiger charge is 2.17. The van der Waals surface area contributed by atoms with Gasteiger partial charge in [-0.25, -0.2) is 8.42 Å². The first-order valence-corrected chi connectivity index (χ1v) is 9.21. The summed E-state index contributed by atoms with van der Waals surface area (Å²) in [5, 5.41) is 0. The Morgan fingerprint density at radius 2 is 1.04 bits per heavy atom. The van der Waals surface area contributed by atoms with Crippen LogP contribution in [0.2, 0.25) is 0 Å². The van der Waals surface area contributed by atoms with Crippen LogP contribution in [0, 0.1) is 0 Å². The standard InChI is InChI=1S/C18H24N2O2S/c1-13(19)11-15-3-7-17(8-4-15)23(21,22)18-9-5-16(6-10-18)12-14(2)20/h3-10,13-14H,11-12,19-20H2,1-2H3/t13-,14-/m1/s1. The molecular formula is C18H24N2O2S. The lowest BCUT2D eigenvalue weighted by Crippen LogP contribution is -2.17. The van der Waals surface area contributed by atoms with E-state index in [0.29, 0.717) is 9.79 Å². The minimum atomic E-state index is -3.49. The lowest BCUT2D eigenvalue weighted by molar-refractivity contribution is 0.596. The Morgan fingerprint density at radius 1 is 0.739 bits per heavy atom. The molecule has 0 aliphatic rings. The quantitative estimate of drug-likeness (QED) is 0.850. The minimum Gasteiger partial charge on any atom is -0.328 e. The van der Waals surface area contributed by atoms with Crippen molar-refractivity contribution in [3.8, 4) is 0 Å². The molecule has 0 radical (unpaired) electrons. The normalized spacial score (nSPS) is 14.4. The Labute approximate surface area is 138 Å². The van der Waals surface area contributed by atoms with Crippen LogP contribution in [-0.4, -0.2) is 20.5 Å². The molecule has 0 heterocycles. The van der Waals surface area contributed by atoms with Gasteiger partial charge < -0.3 is 11.5 Å². The van der Waals surface area contributed by atoms with Gasteiger partial charge in [0.15, 0.2) is 0 Å². The van der Waals surface area contributed by atoms with Gasteiger partial charge in [0.1, 0.15) is 0 Å². The molecule has 0 amide bonds. The van der Waals surface area contributed by atoms with Crippen LogP contribution in [0.5, 0.6) is 0 Å². The van der Waals surface area contributed by atoms with Gasteiger partial charge in [0.05, 0.1) is 9.79 Å². The topological polar surface area (TPSA) is 86.2 Å². The molecule has 0 aromatic heterocycles. The summed E-state index contributed by atoms with van der Waals surface area (Å²) in [5.74, 6) is 0. The van der Waals surface area contributed by atoms with Crippen molar-refractivity contribution in [3.05, 3.63) is 59.7 Å². The van der Waals surface area contributed by atoms with Gasteiger partial charge in [-0.3, -0.25) is 0 Å². The van der Waals surface area contributed by atoms with E-state index in [4.69, 9.17) is 11.5 Å². The third kappa shape index (κ3) is 4.64. The van der Waals surface area contributed by atoms with Gasteiger partial charge in [-0.2, -0.15) is 0 Å². The summed E-state index contributed by atoms with van der Waals surface area (Å²) in [6, 6.07) is 13.9. The van der Waals surface area contributed by atoms with Crippen molar-refractivity contribution in [1.82, 2.24) is 0 Å². The predicted molar refractivity (Wildman–Crippen MR) is 93.0 cm³/mol. The Hall–Kier alpha value is -1.69. The number of benzene rings is 2. The molecule has 0 aliphatic carbocycles. The lowest BCUT2D eigenvalue weighted by Gasteiger charge is -2.09. The van der Waals surface area contributed by atoms with Gasteiger partial charge in [0, 0.05) is 12.1 Å². The zero-order valence-electron chi connectivity index (χ0n) is 13.6. The maximum Gasteiger partial charge on any atom is 0.206 e. The summed E-state index contributed by atoms with van der Waals surface area (Å²) in [7, 11) is -3.49. The van der Waals surface area contributed by atoms with Crippen LogP contribution in [-0.2, 0) is 22.7 Å². The summed E-state index contributed by atoms with van der Waals surface area (Å²) in [5.41, 5.74) is 13.6. The van der Waals surface area contributed by atoms with E-state index < -0.39 is 9.84 Å². The molecule has 0 bridgehead atoms. The van der Waals surface area contributed by atoms with E-state index in [1.165, 1.54) is 0 Å². The number of nitrogens with two attached hydrogens (primary N) is 2. The van der Waals surface area contributed by atoms with Crippen LogP contribution < -0.4 is 11.5 Å². The van der Waals surface area contributed by atoms with E-state index in [-0.39, 0.29) is 12.1 Å². The van der Waals surface area contributed by atoms with Crippen LogP contribution in [0.25, 0.3) is 0 Å². The molecule has 4 nitrogen and oxygen atoms in total. The summed E-state index contributed by atoms with van der Waals surface area (Å²) in [4.78, 5) is 0.594. The van der Waals surface area contributed by atoms with Gasteiger partial charge in [-0.15, -0.1) is 0 Å². The van der Waals surface area contributed by atoms with Crippen LogP contribution in [0.3, 0.4) is 0 Å². The third-order valence-electron chi connectivity index (χ3n) is 3.58. The number of sulfone groups is 1. The summed E-state index contributed by atoms with van der Waals surface area (Å²) >= 11 is 0. The number of rotatable bonds is 6. The SMILES string of the molecule is C[C@@H](N)Cc1ccc(S(=O)(=O)c2ccc(C[C@@H](C)N)cc2)cc1. The van der Waals surface area contributed by atoms with Crippen LogP contribution in [0.1, 0.15) is 25.0 Å². The molecule has 5 heteroatoms.